The molecule has 2 fully saturated rings. The normalized spacial score (nSPS) is 27.2. The fourth-order valence-corrected chi connectivity index (χ4v) is 4.50. The second-order valence-electron chi connectivity index (χ2n) is 8.19. The predicted octanol–water partition coefficient (Wildman–Crippen LogP) is 2.10. The lowest BCUT2D eigenvalue weighted by Crippen LogP contribution is -2.55. The quantitative estimate of drug-likeness (QED) is 0.674. The second kappa shape index (κ2) is 9.30. The van der Waals surface area contributed by atoms with Gasteiger partial charge in [-0.3, -0.25) is 9.69 Å². The summed E-state index contributed by atoms with van der Waals surface area (Å²) in [5, 5.41) is 23.8. The molecular formula is C23H26F2N2O4. The van der Waals surface area contributed by atoms with Crippen LogP contribution in [0.1, 0.15) is 29.6 Å². The number of carbonyl (C=O) groups is 1. The number of rotatable bonds is 5. The third kappa shape index (κ3) is 5.03. The monoisotopic (exact) mass is 432 g/mol. The molecule has 1 aliphatic heterocycles. The molecule has 1 aliphatic carbocycles. The van der Waals surface area contributed by atoms with Crippen LogP contribution in [0.25, 0.3) is 0 Å². The van der Waals surface area contributed by atoms with Crippen molar-refractivity contribution in [3.05, 3.63) is 65.7 Å². The summed E-state index contributed by atoms with van der Waals surface area (Å²) in [4.78, 5) is 14.8. The van der Waals surface area contributed by atoms with Crippen molar-refractivity contribution in [3.63, 3.8) is 0 Å². The van der Waals surface area contributed by atoms with Crippen LogP contribution in [0.3, 0.4) is 0 Å². The van der Waals surface area contributed by atoms with Gasteiger partial charge >= 0.3 is 0 Å². The molecule has 1 saturated heterocycles. The van der Waals surface area contributed by atoms with Crippen molar-refractivity contribution >= 4 is 5.91 Å². The van der Waals surface area contributed by atoms with Crippen LogP contribution in [0.5, 0.6) is 5.75 Å². The minimum absolute atomic E-state index is 0.191. The summed E-state index contributed by atoms with van der Waals surface area (Å²) in [5.41, 5.74) is 0.191. The Labute approximate surface area is 179 Å². The first kappa shape index (κ1) is 21.7. The standard InChI is InChI=1S/C23H26F2N2O4/c24-15-4-1-3-14(11-15)23(30)26-19-13-20(31-18-6-2-5-16(25)12-18)22(29)21(19)27-9-7-17(28)8-10-27/h1-6,11-12,17,19-22,28-29H,7-10,13H2,(H,26,30)/t19-,20-,21+,22+/m1/s1. The van der Waals surface area contributed by atoms with Gasteiger partial charge in [-0.25, -0.2) is 8.78 Å². The van der Waals surface area contributed by atoms with Crippen molar-refractivity contribution in [2.75, 3.05) is 13.1 Å². The van der Waals surface area contributed by atoms with Gasteiger partial charge in [0.05, 0.1) is 18.2 Å². The molecule has 1 amide bonds. The molecule has 0 bridgehead atoms. The first-order valence-corrected chi connectivity index (χ1v) is 10.5. The second-order valence-corrected chi connectivity index (χ2v) is 8.19. The van der Waals surface area contributed by atoms with E-state index in [9.17, 15) is 23.8 Å². The van der Waals surface area contributed by atoms with Crippen LogP contribution in [0.2, 0.25) is 0 Å². The van der Waals surface area contributed by atoms with Crippen LogP contribution in [-0.2, 0) is 0 Å². The molecule has 0 aromatic heterocycles. The lowest BCUT2D eigenvalue weighted by molar-refractivity contribution is -0.0145. The number of nitrogens with zero attached hydrogens (tertiary/aromatic N) is 1. The van der Waals surface area contributed by atoms with Crippen molar-refractivity contribution in [3.8, 4) is 5.75 Å². The van der Waals surface area contributed by atoms with Crippen LogP contribution in [0, 0.1) is 11.6 Å². The molecule has 31 heavy (non-hydrogen) atoms. The van der Waals surface area contributed by atoms with E-state index in [-0.39, 0.29) is 11.7 Å². The Morgan fingerprint density at radius 1 is 1.03 bits per heavy atom. The smallest absolute Gasteiger partial charge is 0.251 e. The Balaban J connectivity index is 1.53. The maximum absolute atomic E-state index is 13.5. The van der Waals surface area contributed by atoms with E-state index in [1.165, 1.54) is 36.4 Å². The van der Waals surface area contributed by atoms with E-state index < -0.39 is 41.8 Å². The van der Waals surface area contributed by atoms with Crippen LogP contribution in [-0.4, -0.2) is 64.5 Å². The van der Waals surface area contributed by atoms with Gasteiger partial charge in [-0.05, 0) is 43.2 Å². The lowest BCUT2D eigenvalue weighted by atomic mass is 10.0. The fraction of sp³-hybridized carbons (Fsp3) is 0.435. The summed E-state index contributed by atoms with van der Waals surface area (Å²) >= 11 is 0. The molecule has 4 atom stereocenters. The molecule has 3 N–H and O–H groups in total. The summed E-state index contributed by atoms with van der Waals surface area (Å²) in [6, 6.07) is 10.2. The number of aliphatic hydroxyl groups is 2. The number of ether oxygens (including phenoxy) is 1. The first-order chi connectivity index (χ1) is 14.9. The molecule has 8 heteroatoms. The maximum Gasteiger partial charge on any atom is 0.251 e. The van der Waals surface area contributed by atoms with E-state index in [0.717, 1.165) is 6.07 Å². The number of benzene rings is 2. The van der Waals surface area contributed by atoms with Crippen molar-refractivity contribution in [1.29, 1.82) is 0 Å². The van der Waals surface area contributed by atoms with Gasteiger partial charge in [0.15, 0.2) is 0 Å². The zero-order valence-electron chi connectivity index (χ0n) is 17.0. The van der Waals surface area contributed by atoms with Gasteiger partial charge in [0, 0.05) is 31.1 Å². The largest absolute Gasteiger partial charge is 0.487 e. The Kier molecular flexibility index (Phi) is 6.50. The molecule has 2 aromatic carbocycles. The average molecular weight is 432 g/mol. The highest BCUT2D eigenvalue weighted by molar-refractivity contribution is 5.94. The zero-order chi connectivity index (χ0) is 22.0. The summed E-state index contributed by atoms with van der Waals surface area (Å²) in [7, 11) is 0. The number of hydrogen-bond donors (Lipinski definition) is 3. The number of amides is 1. The van der Waals surface area contributed by atoms with Crippen LogP contribution < -0.4 is 10.1 Å². The minimum Gasteiger partial charge on any atom is -0.487 e. The summed E-state index contributed by atoms with van der Waals surface area (Å²) in [6.07, 6.45) is -0.517. The minimum atomic E-state index is -0.934. The SMILES string of the molecule is O=C(N[C@@H]1C[C@@H](Oc2cccc(F)c2)[C@H](O)[C@H]1N1CCC(O)CC1)c1cccc(F)c1. The molecule has 2 aliphatic rings. The van der Waals surface area contributed by atoms with Crippen LogP contribution >= 0.6 is 0 Å². The topological polar surface area (TPSA) is 82.0 Å². The number of halogens is 2. The Hall–Kier alpha value is -2.55. The van der Waals surface area contributed by atoms with Crippen LogP contribution in [0.15, 0.2) is 48.5 Å². The Bertz CT molecular complexity index is 920. The van der Waals surface area contributed by atoms with Gasteiger partial charge in [-0.1, -0.05) is 12.1 Å². The van der Waals surface area contributed by atoms with E-state index in [0.29, 0.717) is 38.1 Å². The third-order valence-corrected chi connectivity index (χ3v) is 6.04. The van der Waals surface area contributed by atoms with Crippen molar-refractivity contribution in [2.24, 2.45) is 0 Å². The molecule has 0 radical (unpaired) electrons. The molecular weight excluding hydrogens is 406 g/mol. The maximum atomic E-state index is 13.5. The van der Waals surface area contributed by atoms with Gasteiger partial charge in [-0.15, -0.1) is 0 Å². The third-order valence-electron chi connectivity index (χ3n) is 6.04. The highest BCUT2D eigenvalue weighted by Crippen LogP contribution is 2.31. The molecule has 0 unspecified atom stereocenters. The van der Waals surface area contributed by atoms with Gasteiger partial charge < -0.3 is 20.3 Å². The molecule has 166 valence electrons. The van der Waals surface area contributed by atoms with E-state index in [4.69, 9.17) is 4.74 Å². The molecule has 4 rings (SSSR count). The zero-order valence-corrected chi connectivity index (χ0v) is 17.0. The number of nitrogens with one attached hydrogen (secondary N) is 1. The van der Waals surface area contributed by atoms with E-state index in [1.807, 2.05) is 4.90 Å². The lowest BCUT2D eigenvalue weighted by Gasteiger charge is -2.38. The van der Waals surface area contributed by atoms with Crippen molar-refractivity contribution in [2.45, 2.75) is 49.7 Å². The number of likely N-dealkylation sites (tertiary alicyclic amines) is 1. The Morgan fingerprint density at radius 2 is 1.71 bits per heavy atom. The van der Waals surface area contributed by atoms with Crippen molar-refractivity contribution < 1.29 is 28.5 Å². The predicted molar refractivity (Wildman–Crippen MR) is 110 cm³/mol. The highest BCUT2D eigenvalue weighted by Gasteiger charge is 2.48. The number of hydrogen-bond acceptors (Lipinski definition) is 5. The summed E-state index contributed by atoms with van der Waals surface area (Å²) in [6.45, 7) is 1.14. The first-order valence-electron chi connectivity index (χ1n) is 10.5. The highest BCUT2D eigenvalue weighted by atomic mass is 19.1. The summed E-state index contributed by atoms with van der Waals surface area (Å²) in [5.74, 6) is -1.09. The van der Waals surface area contributed by atoms with E-state index >= 15 is 0 Å². The number of aliphatic hydroxyl groups excluding tert-OH is 2. The fourth-order valence-electron chi connectivity index (χ4n) is 4.50. The van der Waals surface area contributed by atoms with E-state index in [2.05, 4.69) is 5.32 Å². The average Bonchev–Trinajstić information content (AvgIpc) is 3.03. The number of carbonyl (C=O) groups excluding carboxylic acids is 1. The van der Waals surface area contributed by atoms with Crippen molar-refractivity contribution in [1.82, 2.24) is 10.2 Å². The molecule has 6 nitrogen and oxygen atoms in total. The molecule has 1 heterocycles. The molecule has 1 saturated carbocycles. The van der Waals surface area contributed by atoms with Gasteiger partial charge in [0.25, 0.3) is 5.91 Å². The van der Waals surface area contributed by atoms with Gasteiger partial charge in [0.2, 0.25) is 0 Å². The van der Waals surface area contributed by atoms with E-state index in [1.54, 1.807) is 6.07 Å². The number of piperidine rings is 1. The van der Waals surface area contributed by atoms with Gasteiger partial charge in [-0.2, -0.15) is 0 Å². The molecule has 0 spiro atoms. The molecule has 2 aromatic rings. The van der Waals surface area contributed by atoms with Crippen LogP contribution in [0.4, 0.5) is 8.78 Å². The van der Waals surface area contributed by atoms with Gasteiger partial charge in [0.1, 0.15) is 29.6 Å². The Morgan fingerprint density at radius 3 is 2.39 bits per heavy atom. The summed E-state index contributed by atoms with van der Waals surface area (Å²) < 4.78 is 33.0.